The molecule has 3 N–H and O–H groups in total. The van der Waals surface area contributed by atoms with Crippen molar-refractivity contribution < 1.29 is 13.2 Å². The number of sulfonamides is 1. The molecule has 26 heavy (non-hydrogen) atoms. The fraction of sp³-hybridized carbons (Fsp3) is 0.611. The van der Waals surface area contributed by atoms with Crippen LogP contribution in [0.2, 0.25) is 0 Å². The van der Waals surface area contributed by atoms with Gasteiger partial charge in [-0.25, -0.2) is 13.1 Å². The molecule has 1 aromatic carbocycles. The number of ether oxygens (including phenoxy) is 1. The molecular weight excluding hydrogens is 352 g/mol. The van der Waals surface area contributed by atoms with Gasteiger partial charge >= 0.3 is 0 Å². The van der Waals surface area contributed by atoms with Gasteiger partial charge in [-0.3, -0.25) is 4.99 Å². The number of nitrogens with one attached hydrogen (secondary N) is 3. The van der Waals surface area contributed by atoms with Crippen molar-refractivity contribution in [1.29, 1.82) is 0 Å². The molecule has 1 heterocycles. The standard InChI is InChI=1S/C18H30N4O3S/c1-3-19-18(20-10-5-11-22-26(23,24)4-2)21-12-8-15-6-7-17-16(14-15)9-13-25-17/h6-7,14,22H,3-5,8-13H2,1-2H3,(H2,19,20,21). The second-order valence-electron chi connectivity index (χ2n) is 6.13. The number of benzene rings is 1. The molecule has 0 aliphatic carbocycles. The van der Waals surface area contributed by atoms with Gasteiger partial charge in [-0.1, -0.05) is 12.1 Å². The SMILES string of the molecule is CCNC(=NCCCNS(=O)(=O)CC)NCCc1ccc2c(c1)CCO2. The van der Waals surface area contributed by atoms with Crippen molar-refractivity contribution in [3.05, 3.63) is 29.3 Å². The van der Waals surface area contributed by atoms with E-state index in [1.807, 2.05) is 13.0 Å². The highest BCUT2D eigenvalue weighted by atomic mass is 32.2. The first-order valence-electron chi connectivity index (χ1n) is 9.28. The molecule has 0 atom stereocenters. The molecule has 0 bridgehead atoms. The van der Waals surface area contributed by atoms with E-state index in [0.717, 1.165) is 44.2 Å². The molecule has 0 aromatic heterocycles. The van der Waals surface area contributed by atoms with Gasteiger partial charge in [0.05, 0.1) is 12.4 Å². The highest BCUT2D eigenvalue weighted by Gasteiger charge is 2.11. The number of nitrogens with zero attached hydrogens (tertiary/aromatic N) is 1. The normalized spacial score (nSPS) is 14.0. The van der Waals surface area contributed by atoms with Crippen molar-refractivity contribution in [2.75, 3.05) is 38.5 Å². The fourth-order valence-corrected chi connectivity index (χ4v) is 3.32. The maximum Gasteiger partial charge on any atom is 0.211 e. The van der Waals surface area contributed by atoms with Gasteiger partial charge in [0.25, 0.3) is 0 Å². The molecule has 7 nitrogen and oxygen atoms in total. The van der Waals surface area contributed by atoms with Gasteiger partial charge in [0, 0.05) is 32.6 Å². The summed E-state index contributed by atoms with van der Waals surface area (Å²) in [6, 6.07) is 6.37. The van der Waals surface area contributed by atoms with Crippen LogP contribution in [-0.2, 0) is 22.9 Å². The molecule has 0 spiro atoms. The molecular formula is C18H30N4O3S. The third-order valence-electron chi connectivity index (χ3n) is 4.11. The first-order valence-corrected chi connectivity index (χ1v) is 10.9. The average Bonchev–Trinajstić information content (AvgIpc) is 3.09. The Morgan fingerprint density at radius 1 is 1.23 bits per heavy atom. The smallest absolute Gasteiger partial charge is 0.211 e. The van der Waals surface area contributed by atoms with Crippen molar-refractivity contribution >= 4 is 16.0 Å². The second-order valence-corrected chi connectivity index (χ2v) is 8.22. The molecule has 0 saturated heterocycles. The summed E-state index contributed by atoms with van der Waals surface area (Å²) in [6.07, 6.45) is 2.57. The Balaban J connectivity index is 1.73. The first-order chi connectivity index (χ1) is 12.5. The summed E-state index contributed by atoms with van der Waals surface area (Å²) < 4.78 is 30.8. The number of hydrogen-bond donors (Lipinski definition) is 3. The van der Waals surface area contributed by atoms with Crippen molar-refractivity contribution in [1.82, 2.24) is 15.4 Å². The van der Waals surface area contributed by atoms with Crippen LogP contribution in [0.3, 0.4) is 0 Å². The van der Waals surface area contributed by atoms with Crippen LogP contribution in [0.5, 0.6) is 5.75 Å². The van der Waals surface area contributed by atoms with Gasteiger partial charge in [0.15, 0.2) is 5.96 Å². The van der Waals surface area contributed by atoms with Crippen LogP contribution >= 0.6 is 0 Å². The highest BCUT2D eigenvalue weighted by Crippen LogP contribution is 2.25. The van der Waals surface area contributed by atoms with Crippen molar-refractivity contribution in [2.24, 2.45) is 4.99 Å². The third-order valence-corrected chi connectivity index (χ3v) is 5.52. The summed E-state index contributed by atoms with van der Waals surface area (Å²) in [6.45, 7) is 6.98. The maximum atomic E-state index is 11.4. The Hall–Kier alpha value is -1.80. The van der Waals surface area contributed by atoms with E-state index < -0.39 is 10.0 Å². The average molecular weight is 383 g/mol. The number of guanidine groups is 1. The van der Waals surface area contributed by atoms with Gasteiger partial charge in [-0.05, 0) is 43.9 Å². The zero-order chi connectivity index (χ0) is 18.8. The fourth-order valence-electron chi connectivity index (χ4n) is 2.66. The van der Waals surface area contributed by atoms with E-state index in [9.17, 15) is 8.42 Å². The van der Waals surface area contributed by atoms with Gasteiger partial charge in [-0.2, -0.15) is 0 Å². The highest BCUT2D eigenvalue weighted by molar-refractivity contribution is 7.89. The Morgan fingerprint density at radius 2 is 2.08 bits per heavy atom. The Kier molecular flexibility index (Phi) is 8.18. The molecule has 0 saturated carbocycles. The lowest BCUT2D eigenvalue weighted by Gasteiger charge is -2.12. The topological polar surface area (TPSA) is 91.8 Å². The molecule has 1 aliphatic rings. The summed E-state index contributed by atoms with van der Waals surface area (Å²) >= 11 is 0. The number of fused-ring (bicyclic) bond motifs is 1. The van der Waals surface area contributed by atoms with Crippen LogP contribution in [0, 0.1) is 0 Å². The summed E-state index contributed by atoms with van der Waals surface area (Å²) in [5.41, 5.74) is 2.57. The van der Waals surface area contributed by atoms with E-state index in [1.54, 1.807) is 6.92 Å². The van der Waals surface area contributed by atoms with Gasteiger partial charge < -0.3 is 15.4 Å². The van der Waals surface area contributed by atoms with Crippen LogP contribution in [0.1, 0.15) is 31.4 Å². The van der Waals surface area contributed by atoms with E-state index in [1.165, 1.54) is 11.1 Å². The van der Waals surface area contributed by atoms with E-state index in [0.29, 0.717) is 19.5 Å². The minimum Gasteiger partial charge on any atom is -0.493 e. The largest absolute Gasteiger partial charge is 0.493 e. The van der Waals surface area contributed by atoms with E-state index >= 15 is 0 Å². The van der Waals surface area contributed by atoms with Crippen molar-refractivity contribution in [2.45, 2.75) is 33.1 Å². The molecule has 0 radical (unpaired) electrons. The molecule has 0 fully saturated rings. The lowest BCUT2D eigenvalue weighted by molar-refractivity contribution is 0.357. The number of aliphatic imine (C=N–C) groups is 1. The van der Waals surface area contributed by atoms with Crippen LogP contribution < -0.4 is 20.1 Å². The van der Waals surface area contributed by atoms with Crippen LogP contribution in [-0.4, -0.2) is 52.9 Å². The van der Waals surface area contributed by atoms with Crippen LogP contribution in [0.15, 0.2) is 23.2 Å². The Labute approximate surface area is 156 Å². The predicted molar refractivity (Wildman–Crippen MR) is 105 cm³/mol. The zero-order valence-electron chi connectivity index (χ0n) is 15.7. The molecule has 1 aromatic rings. The Morgan fingerprint density at radius 3 is 2.85 bits per heavy atom. The monoisotopic (exact) mass is 382 g/mol. The molecule has 0 unspecified atom stereocenters. The van der Waals surface area contributed by atoms with Gasteiger partial charge in [-0.15, -0.1) is 0 Å². The Bertz CT molecular complexity index is 704. The summed E-state index contributed by atoms with van der Waals surface area (Å²) in [5, 5.41) is 6.53. The molecule has 2 rings (SSSR count). The van der Waals surface area contributed by atoms with E-state index in [-0.39, 0.29) is 5.75 Å². The van der Waals surface area contributed by atoms with Gasteiger partial charge in [0.2, 0.25) is 10.0 Å². The molecule has 8 heteroatoms. The summed E-state index contributed by atoms with van der Waals surface area (Å²) in [7, 11) is -3.12. The lowest BCUT2D eigenvalue weighted by atomic mass is 10.1. The van der Waals surface area contributed by atoms with Crippen LogP contribution in [0.25, 0.3) is 0 Å². The zero-order valence-corrected chi connectivity index (χ0v) is 16.5. The molecule has 1 aliphatic heterocycles. The minimum absolute atomic E-state index is 0.106. The van der Waals surface area contributed by atoms with Crippen molar-refractivity contribution in [3.8, 4) is 5.75 Å². The van der Waals surface area contributed by atoms with Crippen molar-refractivity contribution in [3.63, 3.8) is 0 Å². The number of hydrogen-bond acceptors (Lipinski definition) is 4. The third kappa shape index (κ3) is 6.84. The lowest BCUT2D eigenvalue weighted by Crippen LogP contribution is -2.38. The predicted octanol–water partition coefficient (Wildman–Crippen LogP) is 1.05. The minimum atomic E-state index is -3.12. The first kappa shape index (κ1) is 20.5. The molecule has 146 valence electrons. The summed E-state index contributed by atoms with van der Waals surface area (Å²) in [4.78, 5) is 4.49. The van der Waals surface area contributed by atoms with Gasteiger partial charge in [0.1, 0.15) is 5.75 Å². The van der Waals surface area contributed by atoms with Crippen LogP contribution in [0.4, 0.5) is 0 Å². The maximum absolute atomic E-state index is 11.4. The molecule has 0 amide bonds. The second kappa shape index (κ2) is 10.4. The number of rotatable bonds is 10. The van der Waals surface area contributed by atoms with E-state index in [4.69, 9.17) is 4.74 Å². The summed E-state index contributed by atoms with van der Waals surface area (Å²) in [5.74, 6) is 1.88. The quantitative estimate of drug-likeness (QED) is 0.320. The van der Waals surface area contributed by atoms with E-state index in [2.05, 4.69) is 32.5 Å².